The van der Waals surface area contributed by atoms with Crippen LogP contribution in [0.2, 0.25) is 0 Å². The normalized spacial score (nSPS) is 17.3. The number of piperidine rings is 1. The van der Waals surface area contributed by atoms with Crippen LogP contribution in [-0.2, 0) is 4.79 Å². The number of carbonyl (C=O) groups is 2. The van der Waals surface area contributed by atoms with Gasteiger partial charge in [-0.3, -0.25) is 14.6 Å². The van der Waals surface area contributed by atoms with Gasteiger partial charge in [0.1, 0.15) is 6.61 Å². The van der Waals surface area contributed by atoms with Gasteiger partial charge in [-0.1, -0.05) is 18.2 Å². The molecule has 0 aliphatic carbocycles. The number of aliphatic hydroxyl groups is 1. The first kappa shape index (κ1) is 17.1. The SMILES string of the molecule is NC(=O)c1ccc(-c2ccc(C3CCCCN3C(=O)CO)cn2)cc1. The van der Waals surface area contributed by atoms with Gasteiger partial charge < -0.3 is 15.7 Å². The fourth-order valence-corrected chi connectivity index (χ4v) is 3.25. The van der Waals surface area contributed by atoms with Crippen LogP contribution in [-0.4, -0.2) is 40.0 Å². The molecule has 1 aliphatic heterocycles. The molecule has 0 bridgehead atoms. The summed E-state index contributed by atoms with van der Waals surface area (Å²) in [4.78, 5) is 29.3. The van der Waals surface area contributed by atoms with E-state index in [9.17, 15) is 9.59 Å². The van der Waals surface area contributed by atoms with Crippen LogP contribution in [0.15, 0.2) is 42.6 Å². The first-order chi connectivity index (χ1) is 12.1. The number of carbonyl (C=O) groups excluding carboxylic acids is 2. The highest BCUT2D eigenvalue weighted by Crippen LogP contribution is 2.31. The van der Waals surface area contributed by atoms with Gasteiger partial charge in [0.2, 0.25) is 11.8 Å². The number of nitrogens with two attached hydrogens (primary N) is 1. The first-order valence-corrected chi connectivity index (χ1v) is 8.36. The van der Waals surface area contributed by atoms with Crippen molar-refractivity contribution in [2.75, 3.05) is 13.2 Å². The van der Waals surface area contributed by atoms with Crippen molar-refractivity contribution in [2.24, 2.45) is 5.73 Å². The fourth-order valence-electron chi connectivity index (χ4n) is 3.25. The van der Waals surface area contributed by atoms with Crippen LogP contribution < -0.4 is 5.73 Å². The van der Waals surface area contributed by atoms with E-state index in [1.54, 1.807) is 23.2 Å². The average Bonchev–Trinajstić information content (AvgIpc) is 2.67. The van der Waals surface area contributed by atoms with Gasteiger partial charge in [-0.15, -0.1) is 0 Å². The average molecular weight is 339 g/mol. The van der Waals surface area contributed by atoms with Crippen molar-refractivity contribution in [1.29, 1.82) is 0 Å². The van der Waals surface area contributed by atoms with E-state index in [4.69, 9.17) is 10.8 Å². The summed E-state index contributed by atoms with van der Waals surface area (Å²) in [5.41, 5.74) is 8.36. The first-order valence-electron chi connectivity index (χ1n) is 8.36. The number of primary amides is 1. The molecule has 0 saturated carbocycles. The Morgan fingerprint density at radius 2 is 1.92 bits per heavy atom. The Bertz CT molecular complexity index is 756. The number of aliphatic hydroxyl groups excluding tert-OH is 1. The van der Waals surface area contributed by atoms with Gasteiger partial charge in [-0.25, -0.2) is 0 Å². The maximum atomic E-state index is 11.9. The number of benzene rings is 1. The number of pyridine rings is 1. The van der Waals surface area contributed by atoms with Crippen molar-refractivity contribution < 1.29 is 14.7 Å². The van der Waals surface area contributed by atoms with Crippen LogP contribution in [0.5, 0.6) is 0 Å². The van der Waals surface area contributed by atoms with E-state index in [0.29, 0.717) is 12.1 Å². The van der Waals surface area contributed by atoms with Crippen molar-refractivity contribution in [3.63, 3.8) is 0 Å². The zero-order valence-corrected chi connectivity index (χ0v) is 13.9. The van der Waals surface area contributed by atoms with Gasteiger partial charge in [0, 0.05) is 23.9 Å². The molecule has 25 heavy (non-hydrogen) atoms. The highest BCUT2D eigenvalue weighted by Gasteiger charge is 2.27. The zero-order chi connectivity index (χ0) is 17.8. The van der Waals surface area contributed by atoms with E-state index in [2.05, 4.69) is 4.98 Å². The molecule has 1 aromatic heterocycles. The van der Waals surface area contributed by atoms with Crippen LogP contribution in [0.3, 0.4) is 0 Å². The summed E-state index contributed by atoms with van der Waals surface area (Å²) < 4.78 is 0. The van der Waals surface area contributed by atoms with E-state index in [1.807, 2.05) is 24.3 Å². The quantitative estimate of drug-likeness (QED) is 0.889. The number of rotatable bonds is 4. The number of amides is 2. The Labute approximate surface area is 146 Å². The Hall–Kier alpha value is -2.73. The number of aromatic nitrogens is 1. The number of nitrogens with zero attached hydrogens (tertiary/aromatic N) is 2. The maximum Gasteiger partial charge on any atom is 0.248 e. The lowest BCUT2D eigenvalue weighted by Crippen LogP contribution is -2.40. The molecule has 2 amide bonds. The number of likely N-dealkylation sites (tertiary alicyclic amines) is 1. The van der Waals surface area contributed by atoms with E-state index >= 15 is 0 Å². The molecule has 1 unspecified atom stereocenters. The summed E-state index contributed by atoms with van der Waals surface area (Å²) in [6, 6.07) is 10.8. The summed E-state index contributed by atoms with van der Waals surface area (Å²) in [5, 5.41) is 9.17. The molecule has 6 nitrogen and oxygen atoms in total. The lowest BCUT2D eigenvalue weighted by atomic mass is 9.95. The smallest absolute Gasteiger partial charge is 0.248 e. The molecule has 1 aromatic carbocycles. The number of hydrogen-bond acceptors (Lipinski definition) is 4. The van der Waals surface area contributed by atoms with Crippen molar-refractivity contribution in [3.05, 3.63) is 53.7 Å². The Kier molecular flexibility index (Phi) is 5.09. The van der Waals surface area contributed by atoms with Crippen molar-refractivity contribution in [1.82, 2.24) is 9.88 Å². The summed E-state index contributed by atoms with van der Waals surface area (Å²) in [5.74, 6) is -0.698. The van der Waals surface area contributed by atoms with E-state index in [0.717, 1.165) is 36.1 Å². The molecule has 3 rings (SSSR count). The van der Waals surface area contributed by atoms with Crippen molar-refractivity contribution >= 4 is 11.8 Å². The Morgan fingerprint density at radius 3 is 2.52 bits per heavy atom. The fraction of sp³-hybridized carbons (Fsp3) is 0.316. The third-order valence-corrected chi connectivity index (χ3v) is 4.59. The van der Waals surface area contributed by atoms with Crippen molar-refractivity contribution in [3.8, 4) is 11.3 Å². The van der Waals surface area contributed by atoms with Crippen LogP contribution in [0.25, 0.3) is 11.3 Å². The topological polar surface area (TPSA) is 96.5 Å². The predicted molar refractivity (Wildman–Crippen MR) is 93.6 cm³/mol. The van der Waals surface area contributed by atoms with Crippen molar-refractivity contribution in [2.45, 2.75) is 25.3 Å². The molecule has 1 saturated heterocycles. The molecule has 3 N–H and O–H groups in total. The van der Waals surface area contributed by atoms with E-state index in [1.165, 1.54) is 0 Å². The summed E-state index contributed by atoms with van der Waals surface area (Å²) in [6.07, 6.45) is 4.67. The molecule has 1 fully saturated rings. The van der Waals surface area contributed by atoms with Gasteiger partial charge >= 0.3 is 0 Å². The van der Waals surface area contributed by atoms with Crippen LogP contribution in [0.1, 0.15) is 41.2 Å². The van der Waals surface area contributed by atoms with Gasteiger partial charge in [0.15, 0.2) is 0 Å². The molecule has 6 heteroatoms. The van der Waals surface area contributed by atoms with E-state index in [-0.39, 0.29) is 11.9 Å². The van der Waals surface area contributed by atoms with Crippen LogP contribution in [0.4, 0.5) is 0 Å². The zero-order valence-electron chi connectivity index (χ0n) is 13.9. The molecule has 130 valence electrons. The minimum absolute atomic E-state index is 0.0350. The monoisotopic (exact) mass is 339 g/mol. The lowest BCUT2D eigenvalue weighted by Gasteiger charge is -2.35. The summed E-state index contributed by atoms with van der Waals surface area (Å²) >= 11 is 0. The molecule has 2 heterocycles. The Morgan fingerprint density at radius 1 is 1.16 bits per heavy atom. The van der Waals surface area contributed by atoms with E-state index < -0.39 is 12.5 Å². The second kappa shape index (κ2) is 7.44. The third kappa shape index (κ3) is 3.69. The van der Waals surface area contributed by atoms with Gasteiger partial charge in [-0.05, 0) is 43.0 Å². The summed E-state index contributed by atoms with van der Waals surface area (Å²) in [6.45, 7) is 0.203. The standard InChI is InChI=1S/C19H21N3O3/c20-19(25)14-6-4-13(5-7-14)16-9-8-15(11-21-16)17-3-1-2-10-22(17)18(24)12-23/h4-9,11,17,23H,1-3,10,12H2,(H2,20,25). The molecule has 0 radical (unpaired) electrons. The molecule has 1 atom stereocenters. The van der Waals surface area contributed by atoms with Crippen LogP contribution in [0, 0.1) is 0 Å². The predicted octanol–water partition coefficient (Wildman–Crippen LogP) is 1.89. The Balaban J connectivity index is 1.81. The van der Waals surface area contributed by atoms with Gasteiger partial charge in [0.25, 0.3) is 0 Å². The van der Waals surface area contributed by atoms with Gasteiger partial charge in [0.05, 0.1) is 11.7 Å². The largest absolute Gasteiger partial charge is 0.387 e. The van der Waals surface area contributed by atoms with Crippen LogP contribution >= 0.6 is 0 Å². The third-order valence-electron chi connectivity index (χ3n) is 4.59. The molecule has 2 aromatic rings. The lowest BCUT2D eigenvalue weighted by molar-refractivity contribution is -0.138. The highest BCUT2D eigenvalue weighted by molar-refractivity contribution is 5.93. The molecule has 0 spiro atoms. The summed E-state index contributed by atoms with van der Waals surface area (Å²) in [7, 11) is 0. The second-order valence-electron chi connectivity index (χ2n) is 6.18. The van der Waals surface area contributed by atoms with Gasteiger partial charge in [-0.2, -0.15) is 0 Å². The molecule has 1 aliphatic rings. The minimum Gasteiger partial charge on any atom is -0.387 e. The highest BCUT2D eigenvalue weighted by atomic mass is 16.3. The molecular formula is C19H21N3O3. The second-order valence-corrected chi connectivity index (χ2v) is 6.18. The maximum absolute atomic E-state index is 11.9. The molecular weight excluding hydrogens is 318 g/mol. The number of hydrogen-bond donors (Lipinski definition) is 2. The minimum atomic E-state index is -0.464.